The maximum atomic E-state index is 12.1. The first kappa shape index (κ1) is 17.6. The third-order valence-electron chi connectivity index (χ3n) is 3.65. The van der Waals surface area contributed by atoms with Crippen LogP contribution in [0.15, 0.2) is 53.5 Å². The first-order valence-corrected chi connectivity index (χ1v) is 7.76. The van der Waals surface area contributed by atoms with Crippen LogP contribution < -0.4 is 15.0 Å². The van der Waals surface area contributed by atoms with Crippen molar-refractivity contribution in [2.24, 2.45) is 0 Å². The Kier molecular flexibility index (Phi) is 6.42. The molecule has 0 unspecified atom stereocenters. The highest BCUT2D eigenvalue weighted by molar-refractivity contribution is 5.75. The van der Waals surface area contributed by atoms with Crippen molar-refractivity contribution in [3.05, 3.63) is 59.0 Å². The van der Waals surface area contributed by atoms with Gasteiger partial charge >= 0.3 is 0 Å². The summed E-state index contributed by atoms with van der Waals surface area (Å²) in [7, 11) is 3.34. The van der Waals surface area contributed by atoms with Crippen molar-refractivity contribution in [3.8, 4) is 11.5 Å². The molecule has 0 bridgehead atoms. The standard InChI is InChI=1S/C18H22N2O4/c1-19(13-14-24-16-8-6-15(23-2)7-9-16)17(21)10-12-20-11-4-3-5-18(20)22/h3-9,11H,10,12-14H2,1-2H3. The SMILES string of the molecule is COc1ccc(OCCN(C)C(=O)CCn2ccccc2=O)cc1. The molecule has 0 radical (unpaired) electrons. The second kappa shape index (κ2) is 8.76. The Balaban J connectivity index is 1.73. The first-order valence-electron chi connectivity index (χ1n) is 7.76. The van der Waals surface area contributed by atoms with Crippen LogP contribution in [0.3, 0.4) is 0 Å². The molecule has 6 nitrogen and oxygen atoms in total. The third kappa shape index (κ3) is 5.15. The molecule has 0 atom stereocenters. The Morgan fingerprint density at radius 3 is 2.50 bits per heavy atom. The first-order chi connectivity index (χ1) is 11.6. The monoisotopic (exact) mass is 330 g/mol. The quantitative estimate of drug-likeness (QED) is 0.740. The van der Waals surface area contributed by atoms with E-state index in [1.54, 1.807) is 37.4 Å². The van der Waals surface area contributed by atoms with Crippen molar-refractivity contribution in [1.82, 2.24) is 9.47 Å². The van der Waals surface area contributed by atoms with E-state index in [0.717, 1.165) is 11.5 Å². The van der Waals surface area contributed by atoms with Gasteiger partial charge in [-0.25, -0.2) is 0 Å². The van der Waals surface area contributed by atoms with Crippen LogP contribution in [0.25, 0.3) is 0 Å². The van der Waals surface area contributed by atoms with Crippen LogP contribution in [0.5, 0.6) is 11.5 Å². The Hall–Kier alpha value is -2.76. The van der Waals surface area contributed by atoms with Gasteiger partial charge in [-0.15, -0.1) is 0 Å². The van der Waals surface area contributed by atoms with E-state index in [4.69, 9.17) is 9.47 Å². The van der Waals surface area contributed by atoms with Gasteiger partial charge in [-0.2, -0.15) is 0 Å². The number of hydrogen-bond acceptors (Lipinski definition) is 4. The predicted octanol–water partition coefficient (Wildman–Crippen LogP) is 1.78. The molecule has 0 spiro atoms. The summed E-state index contributed by atoms with van der Waals surface area (Å²) in [5.74, 6) is 1.47. The van der Waals surface area contributed by atoms with E-state index in [0.29, 0.717) is 19.7 Å². The highest BCUT2D eigenvalue weighted by Gasteiger charge is 2.09. The van der Waals surface area contributed by atoms with Crippen LogP contribution >= 0.6 is 0 Å². The van der Waals surface area contributed by atoms with Crippen LogP contribution in [0, 0.1) is 0 Å². The number of aryl methyl sites for hydroxylation is 1. The minimum Gasteiger partial charge on any atom is -0.497 e. The number of carbonyl (C=O) groups is 1. The van der Waals surface area contributed by atoms with E-state index in [1.165, 1.54) is 10.6 Å². The summed E-state index contributed by atoms with van der Waals surface area (Å²) in [4.78, 5) is 25.3. The van der Waals surface area contributed by atoms with E-state index in [-0.39, 0.29) is 17.9 Å². The average Bonchev–Trinajstić information content (AvgIpc) is 2.61. The molecule has 0 aliphatic carbocycles. The van der Waals surface area contributed by atoms with Gasteiger partial charge in [0.25, 0.3) is 5.56 Å². The second-order valence-corrected chi connectivity index (χ2v) is 5.32. The Morgan fingerprint density at radius 2 is 1.83 bits per heavy atom. The summed E-state index contributed by atoms with van der Waals surface area (Å²) < 4.78 is 12.2. The van der Waals surface area contributed by atoms with Crippen LogP contribution in [0.1, 0.15) is 6.42 Å². The Bertz CT molecular complexity index is 709. The van der Waals surface area contributed by atoms with Crippen molar-refractivity contribution in [3.63, 3.8) is 0 Å². The number of pyridine rings is 1. The zero-order valence-corrected chi connectivity index (χ0v) is 14.0. The van der Waals surface area contributed by atoms with Crippen LogP contribution in [-0.2, 0) is 11.3 Å². The zero-order valence-electron chi connectivity index (χ0n) is 14.0. The minimum atomic E-state index is -0.101. The predicted molar refractivity (Wildman–Crippen MR) is 91.4 cm³/mol. The van der Waals surface area contributed by atoms with E-state index in [9.17, 15) is 9.59 Å². The van der Waals surface area contributed by atoms with E-state index in [2.05, 4.69) is 0 Å². The van der Waals surface area contributed by atoms with Gasteiger partial charge in [0.2, 0.25) is 5.91 Å². The van der Waals surface area contributed by atoms with E-state index >= 15 is 0 Å². The van der Waals surface area contributed by atoms with Crippen molar-refractivity contribution in [2.45, 2.75) is 13.0 Å². The summed E-state index contributed by atoms with van der Waals surface area (Å²) in [5, 5.41) is 0. The number of benzene rings is 1. The van der Waals surface area contributed by atoms with Gasteiger partial charge in [-0.3, -0.25) is 9.59 Å². The number of rotatable bonds is 8. The van der Waals surface area contributed by atoms with Crippen molar-refractivity contribution >= 4 is 5.91 Å². The lowest BCUT2D eigenvalue weighted by molar-refractivity contribution is -0.130. The summed E-state index contributed by atoms with van der Waals surface area (Å²) in [5.41, 5.74) is -0.101. The topological polar surface area (TPSA) is 60.8 Å². The lowest BCUT2D eigenvalue weighted by atomic mass is 10.3. The molecule has 0 aliphatic heterocycles. The molecule has 0 N–H and O–H groups in total. The zero-order chi connectivity index (χ0) is 17.4. The molecule has 6 heteroatoms. The van der Waals surface area contributed by atoms with Gasteiger partial charge in [0.05, 0.1) is 13.7 Å². The average molecular weight is 330 g/mol. The van der Waals surface area contributed by atoms with Crippen molar-refractivity contribution in [2.75, 3.05) is 27.3 Å². The van der Waals surface area contributed by atoms with Gasteiger partial charge in [0.15, 0.2) is 0 Å². The highest BCUT2D eigenvalue weighted by atomic mass is 16.5. The molecular formula is C18H22N2O4. The summed E-state index contributed by atoms with van der Waals surface area (Å²) in [6, 6.07) is 12.2. The number of methoxy groups -OCH3 is 1. The van der Waals surface area contributed by atoms with Crippen molar-refractivity contribution in [1.29, 1.82) is 0 Å². The number of aromatic nitrogens is 1. The molecule has 24 heavy (non-hydrogen) atoms. The van der Waals surface area contributed by atoms with E-state index < -0.39 is 0 Å². The maximum Gasteiger partial charge on any atom is 0.250 e. The molecule has 1 heterocycles. The van der Waals surface area contributed by atoms with Gasteiger partial charge < -0.3 is 18.9 Å². The molecule has 1 aromatic heterocycles. The van der Waals surface area contributed by atoms with Gasteiger partial charge in [0.1, 0.15) is 18.1 Å². The lowest BCUT2D eigenvalue weighted by Gasteiger charge is -2.18. The Morgan fingerprint density at radius 1 is 1.12 bits per heavy atom. The van der Waals surface area contributed by atoms with Crippen LogP contribution in [-0.4, -0.2) is 42.7 Å². The molecule has 0 saturated carbocycles. The molecule has 0 saturated heterocycles. The largest absolute Gasteiger partial charge is 0.497 e. The number of hydrogen-bond donors (Lipinski definition) is 0. The second-order valence-electron chi connectivity index (χ2n) is 5.32. The van der Waals surface area contributed by atoms with Gasteiger partial charge in [-0.1, -0.05) is 6.07 Å². The number of ether oxygens (including phenoxy) is 2. The molecule has 0 aliphatic rings. The number of likely N-dealkylation sites (N-methyl/N-ethyl adjacent to an activating group) is 1. The number of carbonyl (C=O) groups excluding carboxylic acids is 1. The molecule has 2 rings (SSSR count). The van der Waals surface area contributed by atoms with Crippen LogP contribution in [0.2, 0.25) is 0 Å². The number of amides is 1. The molecule has 2 aromatic rings. The fourth-order valence-electron chi connectivity index (χ4n) is 2.15. The van der Waals surface area contributed by atoms with Gasteiger partial charge in [-0.05, 0) is 30.3 Å². The van der Waals surface area contributed by atoms with Crippen molar-refractivity contribution < 1.29 is 14.3 Å². The van der Waals surface area contributed by atoms with E-state index in [1.807, 2.05) is 24.3 Å². The van der Waals surface area contributed by atoms with Crippen LogP contribution in [0.4, 0.5) is 0 Å². The molecule has 0 fully saturated rings. The molecular weight excluding hydrogens is 308 g/mol. The number of nitrogens with zero attached hydrogens (tertiary/aromatic N) is 2. The molecule has 1 amide bonds. The summed E-state index contributed by atoms with van der Waals surface area (Å²) >= 11 is 0. The minimum absolute atomic E-state index is 0.0240. The Labute approximate surface area is 141 Å². The maximum absolute atomic E-state index is 12.1. The highest BCUT2D eigenvalue weighted by Crippen LogP contribution is 2.16. The third-order valence-corrected chi connectivity index (χ3v) is 3.65. The fourth-order valence-corrected chi connectivity index (χ4v) is 2.15. The smallest absolute Gasteiger partial charge is 0.250 e. The summed E-state index contributed by atoms with van der Waals surface area (Å²) in [6.45, 7) is 1.26. The fraction of sp³-hybridized carbons (Fsp3) is 0.333. The lowest BCUT2D eigenvalue weighted by Crippen LogP contribution is -2.32. The summed E-state index contributed by atoms with van der Waals surface area (Å²) in [6.07, 6.45) is 1.96. The molecule has 128 valence electrons. The molecule has 1 aromatic carbocycles. The van der Waals surface area contributed by atoms with Gasteiger partial charge in [0, 0.05) is 32.3 Å². The normalized spacial score (nSPS) is 10.2.